The molecule has 0 rings (SSSR count). The third kappa shape index (κ3) is 11.0. The monoisotopic (exact) mass is 308 g/mol. The Morgan fingerprint density at radius 1 is 1.00 bits per heavy atom. The maximum atomic E-state index is 6.57. The van der Waals surface area contributed by atoms with Crippen LogP contribution in [0.25, 0.3) is 0 Å². The number of nitrogens with zero attached hydrogens (tertiary/aromatic N) is 1. The van der Waals surface area contributed by atoms with Gasteiger partial charge in [0.05, 0.1) is 0 Å². The van der Waals surface area contributed by atoms with Crippen molar-refractivity contribution in [3.63, 3.8) is 0 Å². The molecule has 0 spiro atoms. The molecule has 0 bridgehead atoms. The van der Waals surface area contributed by atoms with Gasteiger partial charge in [0.1, 0.15) is 0 Å². The van der Waals surface area contributed by atoms with Crippen molar-refractivity contribution < 1.29 is 0 Å². The Bertz CT molecular complexity index is 292. The molecule has 1 unspecified atom stereocenters. The van der Waals surface area contributed by atoms with Crippen molar-refractivity contribution in [2.45, 2.75) is 103 Å². The topological polar surface area (TPSA) is 38.4 Å². The maximum Gasteiger partial charge on any atom is 0.0402 e. The lowest BCUT2D eigenvalue weighted by molar-refractivity contribution is 0.481. The number of allylic oxidation sites excluding steroid dienone is 1. The summed E-state index contributed by atoms with van der Waals surface area (Å²) in [5.41, 5.74) is 7.80. The van der Waals surface area contributed by atoms with E-state index in [0.29, 0.717) is 0 Å². The molecule has 0 radical (unpaired) electrons. The maximum absolute atomic E-state index is 6.57. The lowest BCUT2D eigenvalue weighted by Gasteiger charge is -2.28. The first-order valence-electron chi connectivity index (χ1n) is 9.49. The molecular weight excluding hydrogens is 268 g/mol. The van der Waals surface area contributed by atoms with Gasteiger partial charge in [-0.3, -0.25) is 0 Å². The van der Waals surface area contributed by atoms with Gasteiger partial charge < -0.3 is 10.7 Å². The molecule has 0 aliphatic heterocycles. The number of hydrogen-bond acceptors (Lipinski definition) is 2. The van der Waals surface area contributed by atoms with E-state index in [-0.39, 0.29) is 5.54 Å². The van der Waals surface area contributed by atoms with Crippen molar-refractivity contribution in [3.8, 4) is 0 Å². The molecule has 0 fully saturated rings. The zero-order valence-electron chi connectivity index (χ0n) is 15.5. The SMILES string of the molecule is C=NCCC(C)(N)C(=CCCCCCCC)CCCCCC. The minimum absolute atomic E-state index is 0.211. The molecule has 130 valence electrons. The van der Waals surface area contributed by atoms with Crippen molar-refractivity contribution in [2.24, 2.45) is 10.7 Å². The Morgan fingerprint density at radius 3 is 2.18 bits per heavy atom. The van der Waals surface area contributed by atoms with Gasteiger partial charge in [0.2, 0.25) is 0 Å². The summed E-state index contributed by atoms with van der Waals surface area (Å²) >= 11 is 0. The zero-order valence-corrected chi connectivity index (χ0v) is 15.5. The van der Waals surface area contributed by atoms with Gasteiger partial charge in [-0.1, -0.05) is 70.4 Å². The van der Waals surface area contributed by atoms with Crippen molar-refractivity contribution in [3.05, 3.63) is 11.6 Å². The molecule has 0 aliphatic carbocycles. The molecule has 2 N–H and O–H groups in total. The predicted molar refractivity (Wildman–Crippen MR) is 102 cm³/mol. The van der Waals surface area contributed by atoms with Gasteiger partial charge >= 0.3 is 0 Å². The van der Waals surface area contributed by atoms with Crippen molar-refractivity contribution in [1.29, 1.82) is 0 Å². The summed E-state index contributed by atoms with van der Waals surface area (Å²) < 4.78 is 0. The molecule has 0 aromatic carbocycles. The van der Waals surface area contributed by atoms with E-state index in [0.717, 1.165) is 19.4 Å². The van der Waals surface area contributed by atoms with E-state index >= 15 is 0 Å². The van der Waals surface area contributed by atoms with Gasteiger partial charge in [0.25, 0.3) is 0 Å². The number of unbranched alkanes of at least 4 members (excludes halogenated alkanes) is 8. The van der Waals surface area contributed by atoms with Crippen LogP contribution in [-0.2, 0) is 0 Å². The van der Waals surface area contributed by atoms with Crippen molar-refractivity contribution >= 4 is 6.72 Å². The fraction of sp³-hybridized carbons (Fsp3) is 0.850. The summed E-state index contributed by atoms with van der Waals surface area (Å²) in [5.74, 6) is 0. The third-order valence-electron chi connectivity index (χ3n) is 4.52. The number of aliphatic imine (C=N–C) groups is 1. The molecule has 0 saturated carbocycles. The van der Waals surface area contributed by atoms with Gasteiger partial charge in [0.15, 0.2) is 0 Å². The van der Waals surface area contributed by atoms with E-state index in [1.807, 2.05) is 0 Å². The largest absolute Gasteiger partial charge is 0.322 e. The van der Waals surface area contributed by atoms with E-state index in [4.69, 9.17) is 5.73 Å². The molecule has 2 heteroatoms. The third-order valence-corrected chi connectivity index (χ3v) is 4.52. The quantitative estimate of drug-likeness (QED) is 0.223. The van der Waals surface area contributed by atoms with Crippen LogP contribution in [0.5, 0.6) is 0 Å². The zero-order chi connectivity index (χ0) is 16.7. The second-order valence-corrected chi connectivity index (χ2v) is 6.86. The Kier molecular flexibility index (Phi) is 13.6. The number of nitrogens with two attached hydrogens (primary N) is 1. The number of rotatable bonds is 15. The standard InChI is InChI=1S/C20H40N2/c1-5-7-9-11-12-14-16-19(15-13-10-8-6-2)20(3,21)17-18-22-4/h16H,4-15,17-18,21H2,1-3H3. The molecule has 0 saturated heterocycles. The van der Waals surface area contributed by atoms with Crippen LogP contribution in [0.2, 0.25) is 0 Å². The second-order valence-electron chi connectivity index (χ2n) is 6.86. The highest BCUT2D eigenvalue weighted by Gasteiger charge is 2.22. The molecular formula is C20H40N2. The van der Waals surface area contributed by atoms with Crippen LogP contribution in [0.15, 0.2) is 16.6 Å². The highest BCUT2D eigenvalue weighted by molar-refractivity contribution is 5.24. The molecule has 2 nitrogen and oxygen atoms in total. The van der Waals surface area contributed by atoms with Crippen LogP contribution in [0.1, 0.15) is 97.8 Å². The average molecular weight is 309 g/mol. The lowest BCUT2D eigenvalue weighted by Crippen LogP contribution is -2.39. The lowest BCUT2D eigenvalue weighted by atomic mass is 9.85. The average Bonchev–Trinajstić information content (AvgIpc) is 2.50. The van der Waals surface area contributed by atoms with E-state index in [1.165, 1.54) is 69.8 Å². The first-order valence-corrected chi connectivity index (χ1v) is 9.49. The van der Waals surface area contributed by atoms with Gasteiger partial charge in [-0.25, -0.2) is 0 Å². The van der Waals surface area contributed by atoms with Crippen LogP contribution in [0, 0.1) is 0 Å². The molecule has 1 atom stereocenters. The summed E-state index contributed by atoms with van der Waals surface area (Å²) in [6, 6.07) is 0. The molecule has 0 aromatic heterocycles. The highest BCUT2D eigenvalue weighted by atomic mass is 14.8. The minimum atomic E-state index is -0.211. The van der Waals surface area contributed by atoms with Crippen molar-refractivity contribution in [1.82, 2.24) is 0 Å². The Balaban J connectivity index is 4.38. The van der Waals surface area contributed by atoms with E-state index in [2.05, 4.69) is 38.6 Å². The summed E-state index contributed by atoms with van der Waals surface area (Å²) in [6.45, 7) is 11.0. The predicted octanol–water partition coefficient (Wildman–Crippen LogP) is 6.05. The van der Waals surface area contributed by atoms with Crippen LogP contribution >= 0.6 is 0 Å². The summed E-state index contributed by atoms with van der Waals surface area (Å²) in [6.07, 6.45) is 17.6. The van der Waals surface area contributed by atoms with E-state index in [9.17, 15) is 0 Å². The Morgan fingerprint density at radius 2 is 1.59 bits per heavy atom. The van der Waals surface area contributed by atoms with E-state index < -0.39 is 0 Å². The molecule has 0 heterocycles. The highest BCUT2D eigenvalue weighted by Crippen LogP contribution is 2.25. The minimum Gasteiger partial charge on any atom is -0.322 e. The van der Waals surface area contributed by atoms with E-state index in [1.54, 1.807) is 0 Å². The fourth-order valence-electron chi connectivity index (χ4n) is 2.86. The first-order chi connectivity index (χ1) is 10.6. The molecule has 22 heavy (non-hydrogen) atoms. The molecule has 0 amide bonds. The van der Waals surface area contributed by atoms with Gasteiger partial charge in [0, 0.05) is 12.1 Å². The Hall–Kier alpha value is -0.630. The first kappa shape index (κ1) is 21.4. The fourth-order valence-corrected chi connectivity index (χ4v) is 2.86. The van der Waals surface area contributed by atoms with Gasteiger partial charge in [-0.05, 0) is 45.7 Å². The van der Waals surface area contributed by atoms with Crippen LogP contribution in [0.4, 0.5) is 0 Å². The van der Waals surface area contributed by atoms with Crippen LogP contribution in [0.3, 0.4) is 0 Å². The van der Waals surface area contributed by atoms with Crippen molar-refractivity contribution in [2.75, 3.05) is 6.54 Å². The van der Waals surface area contributed by atoms with Gasteiger partial charge in [-0.2, -0.15) is 0 Å². The smallest absolute Gasteiger partial charge is 0.0402 e. The van der Waals surface area contributed by atoms with Crippen LogP contribution in [-0.4, -0.2) is 18.8 Å². The molecule has 0 aliphatic rings. The summed E-state index contributed by atoms with van der Waals surface area (Å²) in [4.78, 5) is 3.99. The number of hydrogen-bond donors (Lipinski definition) is 1. The van der Waals surface area contributed by atoms with Crippen LogP contribution < -0.4 is 5.73 Å². The van der Waals surface area contributed by atoms with Gasteiger partial charge in [-0.15, -0.1) is 0 Å². The Labute approximate surface area is 139 Å². The normalized spacial score (nSPS) is 14.8. The second kappa shape index (κ2) is 14.0. The molecule has 0 aromatic rings. The summed E-state index contributed by atoms with van der Waals surface area (Å²) in [7, 11) is 0. The summed E-state index contributed by atoms with van der Waals surface area (Å²) in [5, 5.41) is 0.